The maximum Gasteiger partial charge on any atom is 0.303 e. The summed E-state index contributed by atoms with van der Waals surface area (Å²) in [5.74, 6) is -0.912. The van der Waals surface area contributed by atoms with E-state index in [1.807, 2.05) is 17.5 Å². The van der Waals surface area contributed by atoms with Crippen molar-refractivity contribution in [2.75, 3.05) is 11.9 Å². The number of thiazole rings is 1. The molecule has 1 aromatic heterocycles. The highest BCUT2D eigenvalue weighted by Crippen LogP contribution is 2.19. The third-order valence-electron chi connectivity index (χ3n) is 3.16. The van der Waals surface area contributed by atoms with Gasteiger partial charge in [0.15, 0.2) is 5.13 Å². The molecule has 0 atom stereocenters. The average Bonchev–Trinajstić information content (AvgIpc) is 3.03. The van der Waals surface area contributed by atoms with Crippen LogP contribution in [0.4, 0.5) is 10.8 Å². The highest BCUT2D eigenvalue weighted by Gasteiger charge is 2.06. The van der Waals surface area contributed by atoms with Crippen molar-refractivity contribution in [2.24, 2.45) is 0 Å². The molecule has 0 aliphatic rings. The van der Waals surface area contributed by atoms with Crippen LogP contribution in [0.2, 0.25) is 0 Å². The second-order valence-electron chi connectivity index (χ2n) is 5.00. The number of anilines is 2. The molecule has 23 heavy (non-hydrogen) atoms. The van der Waals surface area contributed by atoms with E-state index in [1.165, 1.54) is 11.3 Å². The lowest BCUT2D eigenvalue weighted by Gasteiger charge is -2.07. The highest BCUT2D eigenvalue weighted by atomic mass is 32.1. The average molecular weight is 333 g/mol. The van der Waals surface area contributed by atoms with Crippen molar-refractivity contribution in [3.8, 4) is 0 Å². The zero-order valence-electron chi connectivity index (χ0n) is 12.6. The van der Waals surface area contributed by atoms with Crippen LogP contribution >= 0.6 is 11.3 Å². The summed E-state index contributed by atoms with van der Waals surface area (Å²) in [7, 11) is 0. The van der Waals surface area contributed by atoms with Crippen molar-refractivity contribution in [3.05, 3.63) is 41.4 Å². The number of amides is 1. The number of carboxylic acids is 1. The largest absolute Gasteiger partial charge is 0.481 e. The molecule has 0 unspecified atom stereocenters. The van der Waals surface area contributed by atoms with E-state index < -0.39 is 5.97 Å². The number of carbonyl (C=O) groups excluding carboxylic acids is 1. The van der Waals surface area contributed by atoms with Gasteiger partial charge in [-0.15, -0.1) is 11.3 Å². The summed E-state index contributed by atoms with van der Waals surface area (Å²) in [6.07, 6.45) is 4.10. The summed E-state index contributed by atoms with van der Waals surface area (Å²) in [6.45, 7) is 0.544. The van der Waals surface area contributed by atoms with E-state index in [2.05, 4.69) is 15.6 Å². The molecule has 0 aliphatic carbocycles. The molecule has 0 spiro atoms. The van der Waals surface area contributed by atoms with Crippen molar-refractivity contribution >= 4 is 34.0 Å². The van der Waals surface area contributed by atoms with E-state index in [-0.39, 0.29) is 12.3 Å². The summed E-state index contributed by atoms with van der Waals surface area (Å²) in [6, 6.07) is 7.23. The molecule has 0 radical (unpaired) electrons. The van der Waals surface area contributed by atoms with Crippen LogP contribution < -0.4 is 10.6 Å². The standard InChI is InChI=1S/C16H19N3O3S/c20-14(21)7-2-1-3-8-17-15(22)12-5-4-6-13(11-12)19-16-18-9-10-23-16/h4-6,9-11H,1-3,7-8H2,(H,17,22)(H,18,19)(H,20,21). The summed E-state index contributed by atoms with van der Waals surface area (Å²) in [5.41, 5.74) is 1.39. The lowest BCUT2D eigenvalue weighted by atomic mass is 10.1. The number of hydrogen-bond donors (Lipinski definition) is 3. The van der Waals surface area contributed by atoms with Gasteiger partial charge < -0.3 is 15.7 Å². The Hall–Kier alpha value is -2.41. The van der Waals surface area contributed by atoms with Gasteiger partial charge in [0.25, 0.3) is 5.91 Å². The smallest absolute Gasteiger partial charge is 0.303 e. The number of carboxylic acid groups (broad SMARTS) is 1. The van der Waals surface area contributed by atoms with Gasteiger partial charge in [0.2, 0.25) is 0 Å². The van der Waals surface area contributed by atoms with Crippen LogP contribution in [0, 0.1) is 0 Å². The lowest BCUT2D eigenvalue weighted by molar-refractivity contribution is -0.137. The maximum atomic E-state index is 12.1. The third kappa shape index (κ3) is 6.07. The van der Waals surface area contributed by atoms with E-state index in [9.17, 15) is 9.59 Å². The maximum absolute atomic E-state index is 12.1. The number of benzene rings is 1. The lowest BCUT2D eigenvalue weighted by Crippen LogP contribution is -2.24. The fourth-order valence-electron chi connectivity index (χ4n) is 2.03. The Morgan fingerprint density at radius 2 is 2.09 bits per heavy atom. The monoisotopic (exact) mass is 333 g/mol. The molecule has 1 heterocycles. The van der Waals surface area contributed by atoms with Gasteiger partial charge >= 0.3 is 5.97 Å². The quantitative estimate of drug-likeness (QED) is 0.613. The minimum atomic E-state index is -0.779. The Morgan fingerprint density at radius 1 is 1.22 bits per heavy atom. The molecule has 0 saturated heterocycles. The van der Waals surface area contributed by atoms with Gasteiger partial charge in [-0.3, -0.25) is 9.59 Å². The van der Waals surface area contributed by atoms with Crippen molar-refractivity contribution < 1.29 is 14.7 Å². The SMILES string of the molecule is O=C(O)CCCCCNC(=O)c1cccc(Nc2nccs2)c1. The van der Waals surface area contributed by atoms with Crippen LogP contribution in [0.5, 0.6) is 0 Å². The molecule has 122 valence electrons. The first-order valence-electron chi connectivity index (χ1n) is 7.42. The topological polar surface area (TPSA) is 91.3 Å². The van der Waals surface area contributed by atoms with E-state index in [4.69, 9.17) is 5.11 Å². The van der Waals surface area contributed by atoms with Gasteiger partial charge in [-0.05, 0) is 31.0 Å². The van der Waals surface area contributed by atoms with Gasteiger partial charge in [-0.25, -0.2) is 4.98 Å². The summed E-state index contributed by atoms with van der Waals surface area (Å²) >= 11 is 1.49. The predicted molar refractivity (Wildman–Crippen MR) is 90.3 cm³/mol. The van der Waals surface area contributed by atoms with Crippen LogP contribution in [0.25, 0.3) is 0 Å². The van der Waals surface area contributed by atoms with Crippen molar-refractivity contribution in [3.63, 3.8) is 0 Å². The first-order valence-corrected chi connectivity index (χ1v) is 8.29. The summed E-state index contributed by atoms with van der Waals surface area (Å²) < 4.78 is 0. The Kier molecular flexibility index (Phi) is 6.56. The molecule has 3 N–H and O–H groups in total. The van der Waals surface area contributed by atoms with E-state index in [0.717, 1.165) is 23.7 Å². The van der Waals surface area contributed by atoms with Crippen LogP contribution in [-0.2, 0) is 4.79 Å². The van der Waals surface area contributed by atoms with Crippen LogP contribution in [-0.4, -0.2) is 28.5 Å². The number of carbonyl (C=O) groups is 2. The molecule has 1 amide bonds. The summed E-state index contributed by atoms with van der Waals surface area (Å²) in [4.78, 5) is 26.6. The molecule has 0 saturated carbocycles. The Morgan fingerprint density at radius 3 is 2.83 bits per heavy atom. The fraction of sp³-hybridized carbons (Fsp3) is 0.312. The van der Waals surface area contributed by atoms with Gasteiger partial charge in [0.05, 0.1) is 0 Å². The van der Waals surface area contributed by atoms with Crippen LogP contribution in [0.3, 0.4) is 0 Å². The minimum absolute atomic E-state index is 0.133. The summed E-state index contributed by atoms with van der Waals surface area (Å²) in [5, 5.41) is 17.2. The van der Waals surface area contributed by atoms with Crippen molar-refractivity contribution in [1.29, 1.82) is 0 Å². The number of hydrogen-bond acceptors (Lipinski definition) is 5. The number of aliphatic carboxylic acids is 1. The number of nitrogens with zero attached hydrogens (tertiary/aromatic N) is 1. The molecular formula is C16H19N3O3S. The Bertz CT molecular complexity index is 644. The zero-order valence-corrected chi connectivity index (χ0v) is 13.4. The molecule has 6 nitrogen and oxygen atoms in total. The number of aromatic nitrogens is 1. The first-order chi connectivity index (χ1) is 11.1. The molecule has 0 fully saturated rings. The second-order valence-corrected chi connectivity index (χ2v) is 5.90. The minimum Gasteiger partial charge on any atom is -0.481 e. The van der Waals surface area contributed by atoms with Gasteiger partial charge in [-0.1, -0.05) is 12.5 Å². The van der Waals surface area contributed by atoms with Gasteiger partial charge in [0.1, 0.15) is 0 Å². The number of unbranched alkanes of at least 4 members (excludes halogenated alkanes) is 2. The molecule has 0 aliphatic heterocycles. The number of rotatable bonds is 9. The number of nitrogens with one attached hydrogen (secondary N) is 2. The second kappa shape index (κ2) is 8.89. The fourth-order valence-corrected chi connectivity index (χ4v) is 2.58. The van der Waals surface area contributed by atoms with Gasteiger partial charge in [0, 0.05) is 35.8 Å². The van der Waals surface area contributed by atoms with Crippen LogP contribution in [0.1, 0.15) is 36.0 Å². The third-order valence-corrected chi connectivity index (χ3v) is 3.85. The molecule has 0 bridgehead atoms. The highest BCUT2D eigenvalue weighted by molar-refractivity contribution is 7.13. The van der Waals surface area contributed by atoms with E-state index >= 15 is 0 Å². The van der Waals surface area contributed by atoms with E-state index in [0.29, 0.717) is 18.5 Å². The van der Waals surface area contributed by atoms with E-state index in [1.54, 1.807) is 18.3 Å². The van der Waals surface area contributed by atoms with Gasteiger partial charge in [-0.2, -0.15) is 0 Å². The molecular weight excluding hydrogens is 314 g/mol. The normalized spacial score (nSPS) is 10.3. The predicted octanol–water partition coefficient (Wildman–Crippen LogP) is 3.26. The first kappa shape index (κ1) is 17.0. The van der Waals surface area contributed by atoms with Crippen molar-refractivity contribution in [1.82, 2.24) is 10.3 Å². The van der Waals surface area contributed by atoms with Crippen LogP contribution in [0.15, 0.2) is 35.8 Å². The Balaban J connectivity index is 1.77. The zero-order chi connectivity index (χ0) is 16.5. The molecule has 7 heteroatoms. The Labute approximate surface area is 138 Å². The van der Waals surface area contributed by atoms with Crippen molar-refractivity contribution in [2.45, 2.75) is 25.7 Å². The molecule has 1 aromatic carbocycles. The molecule has 2 aromatic rings. The molecule has 2 rings (SSSR count).